The molecule has 0 saturated carbocycles. The van der Waals surface area contributed by atoms with Gasteiger partial charge in [-0.1, -0.05) is 54.6 Å². The summed E-state index contributed by atoms with van der Waals surface area (Å²) >= 11 is 0. The van der Waals surface area contributed by atoms with Crippen molar-refractivity contribution in [3.05, 3.63) is 107 Å². The zero-order valence-corrected chi connectivity index (χ0v) is 18.7. The van der Waals surface area contributed by atoms with Crippen molar-refractivity contribution in [2.75, 3.05) is 7.11 Å². The van der Waals surface area contributed by atoms with Crippen LogP contribution in [0.15, 0.2) is 89.4 Å². The predicted octanol–water partition coefficient (Wildman–Crippen LogP) is 4.00. The molecule has 1 heterocycles. The van der Waals surface area contributed by atoms with Crippen molar-refractivity contribution in [3.63, 3.8) is 0 Å². The van der Waals surface area contributed by atoms with Crippen LogP contribution in [0.4, 0.5) is 0 Å². The van der Waals surface area contributed by atoms with Gasteiger partial charge in [-0.25, -0.2) is 4.99 Å². The second kappa shape index (κ2) is 9.84. The lowest BCUT2D eigenvalue weighted by Gasteiger charge is -2.14. The third kappa shape index (κ3) is 4.57. The number of amidine groups is 1. The number of aliphatic imine (C=N–C) groups is 1. The van der Waals surface area contributed by atoms with Gasteiger partial charge in [0.15, 0.2) is 0 Å². The molecule has 0 fully saturated rings. The molecule has 1 aliphatic rings. The molecule has 0 radical (unpaired) electrons. The van der Waals surface area contributed by atoms with E-state index in [0.717, 1.165) is 5.56 Å². The van der Waals surface area contributed by atoms with E-state index in [-0.39, 0.29) is 29.1 Å². The molecule has 3 aromatic carbocycles. The highest BCUT2D eigenvalue weighted by molar-refractivity contribution is 6.20. The van der Waals surface area contributed by atoms with E-state index >= 15 is 0 Å². The van der Waals surface area contributed by atoms with Gasteiger partial charge in [0.2, 0.25) is 0 Å². The molecule has 7 heteroatoms. The van der Waals surface area contributed by atoms with Crippen LogP contribution in [0.5, 0.6) is 5.75 Å². The molecule has 1 atom stereocenters. The van der Waals surface area contributed by atoms with Gasteiger partial charge in [-0.3, -0.25) is 9.59 Å². The molecule has 168 valence electrons. The smallest absolute Gasteiger partial charge is 0.264 e. The van der Waals surface area contributed by atoms with Crippen molar-refractivity contribution in [2.24, 2.45) is 4.99 Å². The van der Waals surface area contributed by atoms with Crippen molar-refractivity contribution in [1.29, 1.82) is 5.26 Å². The molecule has 4 rings (SSSR count). The van der Waals surface area contributed by atoms with Gasteiger partial charge in [0.25, 0.3) is 11.8 Å². The summed E-state index contributed by atoms with van der Waals surface area (Å²) < 4.78 is 5.13. The number of methoxy groups -OCH3 is 1. The Kier molecular flexibility index (Phi) is 6.51. The number of rotatable bonds is 5. The fraction of sp³-hybridized carbons (Fsp3) is 0.111. The first-order valence-corrected chi connectivity index (χ1v) is 10.7. The summed E-state index contributed by atoms with van der Waals surface area (Å²) in [6.45, 7) is 1.85. The molecular weight excluding hydrogens is 428 g/mol. The van der Waals surface area contributed by atoms with Crippen LogP contribution in [0.2, 0.25) is 0 Å². The van der Waals surface area contributed by atoms with Gasteiger partial charge in [-0.05, 0) is 36.8 Å². The van der Waals surface area contributed by atoms with E-state index in [0.29, 0.717) is 22.4 Å². The highest BCUT2D eigenvalue weighted by Crippen LogP contribution is 2.31. The highest BCUT2D eigenvalue weighted by atomic mass is 16.5. The number of hydrogen-bond donors (Lipinski definition) is 2. The molecule has 0 saturated heterocycles. The Hall–Kier alpha value is -4.70. The molecule has 0 spiro atoms. The zero-order chi connectivity index (χ0) is 24.1. The minimum absolute atomic E-state index is 0.121. The van der Waals surface area contributed by atoms with E-state index in [1.807, 2.05) is 43.3 Å². The second-order valence-corrected chi connectivity index (χ2v) is 7.63. The van der Waals surface area contributed by atoms with Crippen LogP contribution in [-0.2, 0) is 4.79 Å². The number of hydrogen-bond acceptors (Lipinski definition) is 5. The van der Waals surface area contributed by atoms with E-state index in [9.17, 15) is 14.9 Å². The summed E-state index contributed by atoms with van der Waals surface area (Å²) in [5.41, 5.74) is 2.68. The summed E-state index contributed by atoms with van der Waals surface area (Å²) in [7, 11) is 1.55. The topological polar surface area (TPSA) is 104 Å². The Labute approximate surface area is 197 Å². The van der Waals surface area contributed by atoms with Gasteiger partial charge >= 0.3 is 0 Å². The molecule has 0 unspecified atom stereocenters. The number of fused-ring (bicyclic) bond motifs is 1. The molecule has 2 N–H and O–H groups in total. The summed E-state index contributed by atoms with van der Waals surface area (Å²) in [6.07, 6.45) is 0. The van der Waals surface area contributed by atoms with Gasteiger partial charge in [0.05, 0.1) is 18.8 Å². The van der Waals surface area contributed by atoms with Crippen LogP contribution in [0.3, 0.4) is 0 Å². The van der Waals surface area contributed by atoms with Crippen LogP contribution in [0.25, 0.3) is 5.70 Å². The molecule has 7 nitrogen and oxygen atoms in total. The van der Waals surface area contributed by atoms with Crippen molar-refractivity contribution in [2.45, 2.75) is 13.0 Å². The number of nitrogens with one attached hydrogen (secondary N) is 2. The number of nitrogens with zero attached hydrogens (tertiary/aromatic N) is 2. The Balaban J connectivity index is 1.64. The molecule has 34 heavy (non-hydrogen) atoms. The Morgan fingerprint density at radius 3 is 2.24 bits per heavy atom. The minimum Gasteiger partial charge on any atom is -0.497 e. The number of carbonyl (C=O) groups is 2. The Morgan fingerprint density at radius 2 is 1.59 bits per heavy atom. The SMILES string of the molecule is COc1ccc(C(=O)NC2=N/C(=C(/C#N)C(=O)N[C@H](C)c3ccccc3)c3ccccc32)cc1. The number of amides is 2. The molecular formula is C27H22N4O3. The summed E-state index contributed by atoms with van der Waals surface area (Å²) in [6, 6.07) is 25.0. The monoisotopic (exact) mass is 450 g/mol. The summed E-state index contributed by atoms with van der Waals surface area (Å²) in [5.74, 6) is 0.0241. The van der Waals surface area contributed by atoms with Gasteiger partial charge in [0, 0.05) is 16.7 Å². The fourth-order valence-electron chi connectivity index (χ4n) is 3.64. The van der Waals surface area contributed by atoms with Gasteiger partial charge < -0.3 is 15.4 Å². The van der Waals surface area contributed by atoms with Crippen molar-refractivity contribution in [1.82, 2.24) is 10.6 Å². The normalized spacial score (nSPS) is 14.2. The maximum absolute atomic E-state index is 13.0. The quantitative estimate of drug-likeness (QED) is 0.453. The Morgan fingerprint density at radius 1 is 0.941 bits per heavy atom. The average Bonchev–Trinajstić information content (AvgIpc) is 3.23. The van der Waals surface area contributed by atoms with E-state index in [4.69, 9.17) is 4.74 Å². The predicted molar refractivity (Wildman–Crippen MR) is 129 cm³/mol. The molecule has 3 aromatic rings. The van der Waals surface area contributed by atoms with E-state index in [1.54, 1.807) is 55.6 Å². The van der Waals surface area contributed by atoms with Gasteiger partial charge in [0.1, 0.15) is 23.2 Å². The van der Waals surface area contributed by atoms with E-state index in [1.165, 1.54) is 0 Å². The third-order valence-corrected chi connectivity index (χ3v) is 5.47. The fourth-order valence-corrected chi connectivity index (χ4v) is 3.64. The average molecular weight is 450 g/mol. The maximum Gasteiger partial charge on any atom is 0.264 e. The standard InChI is InChI=1S/C27H22N4O3/c1-17(18-8-4-3-5-9-18)29-27(33)23(16-28)24-21-10-6-7-11-22(21)25(30-24)31-26(32)19-12-14-20(34-2)15-13-19/h3-15,17H,1-2H3,(H,29,33)(H,30,31,32)/b24-23-/t17-/m1/s1. The number of carbonyl (C=O) groups excluding carboxylic acids is 2. The van der Waals surface area contributed by atoms with Crippen molar-refractivity contribution >= 4 is 23.3 Å². The van der Waals surface area contributed by atoms with Crippen LogP contribution >= 0.6 is 0 Å². The minimum atomic E-state index is -0.532. The largest absolute Gasteiger partial charge is 0.497 e. The van der Waals surface area contributed by atoms with Crippen molar-refractivity contribution < 1.29 is 14.3 Å². The van der Waals surface area contributed by atoms with Gasteiger partial charge in [-0.15, -0.1) is 0 Å². The number of ether oxygens (including phenoxy) is 1. The second-order valence-electron chi connectivity index (χ2n) is 7.63. The van der Waals surface area contributed by atoms with E-state index < -0.39 is 5.91 Å². The first kappa shape index (κ1) is 22.5. The molecule has 0 aliphatic carbocycles. The Bertz CT molecular complexity index is 1340. The number of benzene rings is 3. The van der Waals surface area contributed by atoms with Crippen LogP contribution in [0, 0.1) is 11.3 Å². The third-order valence-electron chi connectivity index (χ3n) is 5.47. The first-order valence-electron chi connectivity index (χ1n) is 10.7. The highest BCUT2D eigenvalue weighted by Gasteiger charge is 2.28. The molecule has 1 aliphatic heterocycles. The lowest BCUT2D eigenvalue weighted by molar-refractivity contribution is -0.117. The van der Waals surface area contributed by atoms with Crippen LogP contribution < -0.4 is 15.4 Å². The molecule has 0 bridgehead atoms. The van der Waals surface area contributed by atoms with Crippen LogP contribution in [0.1, 0.15) is 40.0 Å². The lowest BCUT2D eigenvalue weighted by Crippen LogP contribution is -2.30. The maximum atomic E-state index is 13.0. The molecule has 2 amide bonds. The number of nitriles is 1. The van der Waals surface area contributed by atoms with Crippen LogP contribution in [-0.4, -0.2) is 24.8 Å². The van der Waals surface area contributed by atoms with E-state index in [2.05, 4.69) is 15.6 Å². The first-order chi connectivity index (χ1) is 16.5. The lowest BCUT2D eigenvalue weighted by atomic mass is 10.0. The van der Waals surface area contributed by atoms with Crippen molar-refractivity contribution in [3.8, 4) is 11.8 Å². The molecule has 0 aromatic heterocycles. The zero-order valence-electron chi connectivity index (χ0n) is 18.7. The summed E-state index contributed by atoms with van der Waals surface area (Å²) in [4.78, 5) is 30.3. The van der Waals surface area contributed by atoms with Gasteiger partial charge in [-0.2, -0.15) is 5.26 Å². The summed E-state index contributed by atoms with van der Waals surface area (Å²) in [5, 5.41) is 15.5.